The van der Waals surface area contributed by atoms with Crippen molar-refractivity contribution in [1.29, 1.82) is 0 Å². The molecule has 0 saturated carbocycles. The van der Waals surface area contributed by atoms with Gasteiger partial charge in [0.25, 0.3) is 5.91 Å². The predicted octanol–water partition coefficient (Wildman–Crippen LogP) is 7.06. The monoisotopic (exact) mass is 563 g/mol. The van der Waals surface area contributed by atoms with Gasteiger partial charge in [0.1, 0.15) is 6.17 Å². The predicted molar refractivity (Wildman–Crippen MR) is 165 cm³/mol. The number of carbonyl (C=O) groups is 2. The Bertz CT molecular complexity index is 1140. The van der Waals surface area contributed by atoms with Crippen LogP contribution in [-0.2, 0) is 16.1 Å². The lowest BCUT2D eigenvalue weighted by Crippen LogP contribution is -2.50. The van der Waals surface area contributed by atoms with Gasteiger partial charge in [-0.15, -0.1) is 0 Å². The largest absolute Gasteiger partial charge is 0.350 e. The average Bonchev–Trinajstić information content (AvgIpc) is 3.44. The molecule has 1 aliphatic carbocycles. The summed E-state index contributed by atoms with van der Waals surface area (Å²) in [5.74, 6) is -0.713. The molecule has 5 nitrogen and oxygen atoms in total. The molecule has 4 rings (SSSR count). The van der Waals surface area contributed by atoms with Crippen LogP contribution >= 0.6 is 0 Å². The number of benzene rings is 1. The standard InChI is InChI=1S/C35H50FN3O2/c1-6-11-28(19-20-35(3,4)5)37-33(40)29-13-10-23-39(34(41)31-25(2)12-9-14-30(31)36)32(29)27-17-15-26(16-18-27)24-38-21-7-8-22-38/h6,9,11-12,15-18,28-30,32H,7-8,10,13-14,19-24H2,1-5H3,(H,37,40)/b11-6-/t28?,29?,30-,32?/m0/s1. The zero-order chi connectivity index (χ0) is 29.6. The Morgan fingerprint density at radius 2 is 1.80 bits per heavy atom. The van der Waals surface area contributed by atoms with Crippen molar-refractivity contribution in [3.05, 3.63) is 70.8 Å². The van der Waals surface area contributed by atoms with E-state index < -0.39 is 18.1 Å². The molecule has 1 aromatic carbocycles. The number of halogens is 1. The minimum atomic E-state index is -1.32. The van der Waals surface area contributed by atoms with Crippen LogP contribution in [0.5, 0.6) is 0 Å². The minimum Gasteiger partial charge on any atom is -0.350 e. The lowest BCUT2D eigenvalue weighted by molar-refractivity contribution is -0.138. The van der Waals surface area contributed by atoms with E-state index in [1.54, 1.807) is 11.0 Å². The van der Waals surface area contributed by atoms with Crippen LogP contribution in [0.2, 0.25) is 0 Å². The lowest BCUT2D eigenvalue weighted by atomic mass is 9.82. The number of likely N-dealkylation sites (tertiary alicyclic amines) is 2. The zero-order valence-corrected chi connectivity index (χ0v) is 25.8. The topological polar surface area (TPSA) is 52.7 Å². The molecule has 0 aromatic heterocycles. The maximum absolute atomic E-state index is 15.1. The average molecular weight is 564 g/mol. The van der Waals surface area contributed by atoms with Gasteiger partial charge in [-0.3, -0.25) is 14.5 Å². The number of amides is 2. The molecule has 0 radical (unpaired) electrons. The van der Waals surface area contributed by atoms with Crippen molar-refractivity contribution in [2.24, 2.45) is 11.3 Å². The molecule has 3 unspecified atom stereocenters. The first-order valence-electron chi connectivity index (χ1n) is 15.6. The third-order valence-electron chi connectivity index (χ3n) is 8.79. The van der Waals surface area contributed by atoms with Crippen LogP contribution in [0.4, 0.5) is 4.39 Å². The number of rotatable bonds is 9. The summed E-state index contributed by atoms with van der Waals surface area (Å²) in [7, 11) is 0. The van der Waals surface area contributed by atoms with Gasteiger partial charge in [-0.2, -0.15) is 0 Å². The van der Waals surface area contributed by atoms with Crippen molar-refractivity contribution in [2.75, 3.05) is 19.6 Å². The lowest BCUT2D eigenvalue weighted by Gasteiger charge is -2.42. The van der Waals surface area contributed by atoms with Gasteiger partial charge in [-0.25, -0.2) is 4.39 Å². The number of allylic oxidation sites excluding steroid dienone is 4. The summed E-state index contributed by atoms with van der Waals surface area (Å²) >= 11 is 0. The van der Waals surface area contributed by atoms with Crippen LogP contribution in [0, 0.1) is 11.3 Å². The van der Waals surface area contributed by atoms with Crippen LogP contribution < -0.4 is 5.32 Å². The number of hydrogen-bond donors (Lipinski definition) is 1. The maximum Gasteiger partial charge on any atom is 0.253 e. The first kappa shape index (κ1) is 31.2. The van der Waals surface area contributed by atoms with Crippen LogP contribution in [-0.4, -0.2) is 53.5 Å². The van der Waals surface area contributed by atoms with Crippen molar-refractivity contribution in [2.45, 2.75) is 104 Å². The van der Waals surface area contributed by atoms with Gasteiger partial charge in [0.2, 0.25) is 5.91 Å². The van der Waals surface area contributed by atoms with E-state index in [-0.39, 0.29) is 35.3 Å². The number of nitrogens with one attached hydrogen (secondary N) is 1. The smallest absolute Gasteiger partial charge is 0.253 e. The Morgan fingerprint density at radius 3 is 2.44 bits per heavy atom. The number of alkyl halides is 1. The van der Waals surface area contributed by atoms with Crippen molar-refractivity contribution >= 4 is 11.8 Å². The number of hydrogen-bond acceptors (Lipinski definition) is 3. The molecule has 1 aromatic rings. The second-order valence-electron chi connectivity index (χ2n) is 13.4. The molecule has 41 heavy (non-hydrogen) atoms. The summed E-state index contributed by atoms with van der Waals surface area (Å²) in [4.78, 5) is 32.2. The highest BCUT2D eigenvalue weighted by Crippen LogP contribution is 2.39. The summed E-state index contributed by atoms with van der Waals surface area (Å²) in [6.07, 6.45) is 12.3. The van der Waals surface area contributed by atoms with E-state index in [9.17, 15) is 9.59 Å². The second kappa shape index (κ2) is 14.0. The molecule has 2 amide bonds. The van der Waals surface area contributed by atoms with Gasteiger partial charge >= 0.3 is 0 Å². The fourth-order valence-electron chi connectivity index (χ4n) is 6.53. The van der Waals surface area contributed by atoms with E-state index in [1.807, 2.05) is 26.0 Å². The molecule has 2 fully saturated rings. The molecular weight excluding hydrogens is 513 g/mol. The number of piperidine rings is 1. The molecule has 6 heteroatoms. The van der Waals surface area contributed by atoms with Gasteiger partial charge in [0.15, 0.2) is 0 Å². The Kier molecular flexibility index (Phi) is 10.6. The molecule has 0 spiro atoms. The summed E-state index contributed by atoms with van der Waals surface area (Å²) in [6.45, 7) is 14.1. The van der Waals surface area contributed by atoms with Crippen molar-refractivity contribution < 1.29 is 14.0 Å². The molecule has 3 aliphatic rings. The molecule has 4 atom stereocenters. The Hall–Kier alpha value is -2.73. The highest BCUT2D eigenvalue weighted by molar-refractivity contribution is 5.97. The summed E-state index contributed by atoms with van der Waals surface area (Å²) in [5, 5.41) is 3.31. The quantitative estimate of drug-likeness (QED) is 0.327. The van der Waals surface area contributed by atoms with E-state index >= 15 is 4.39 Å². The first-order chi connectivity index (χ1) is 19.6. The van der Waals surface area contributed by atoms with Crippen LogP contribution in [0.15, 0.2) is 59.7 Å². The van der Waals surface area contributed by atoms with E-state index in [2.05, 4.69) is 61.3 Å². The third kappa shape index (κ3) is 8.18. The van der Waals surface area contributed by atoms with E-state index in [4.69, 9.17) is 0 Å². The fourth-order valence-corrected chi connectivity index (χ4v) is 6.53. The first-order valence-corrected chi connectivity index (χ1v) is 15.6. The Labute approximate surface area is 246 Å². The molecule has 0 bridgehead atoms. The Morgan fingerprint density at radius 1 is 1.10 bits per heavy atom. The highest BCUT2D eigenvalue weighted by atomic mass is 19.1. The van der Waals surface area contributed by atoms with Gasteiger partial charge in [-0.05, 0) is 87.6 Å². The van der Waals surface area contributed by atoms with Crippen molar-refractivity contribution in [3.8, 4) is 0 Å². The van der Waals surface area contributed by atoms with Crippen LogP contribution in [0.3, 0.4) is 0 Å². The molecular formula is C35H50FN3O2. The number of carbonyl (C=O) groups excluding carboxylic acids is 2. The van der Waals surface area contributed by atoms with Gasteiger partial charge < -0.3 is 10.2 Å². The normalized spacial score (nSPS) is 24.7. The van der Waals surface area contributed by atoms with E-state index in [0.717, 1.165) is 38.0 Å². The summed E-state index contributed by atoms with van der Waals surface area (Å²) in [5.41, 5.74) is 3.26. The minimum absolute atomic E-state index is 0.0308. The fraction of sp³-hybridized carbons (Fsp3) is 0.600. The summed E-state index contributed by atoms with van der Waals surface area (Å²) < 4.78 is 15.1. The number of nitrogens with zero attached hydrogens (tertiary/aromatic N) is 2. The SMILES string of the molecule is C/C=C\C(CCC(C)(C)C)NC(=O)C1CCCN(C(=O)C2=C(C)C=CC[C@@H]2F)C1c1ccc(CN2CCCC2)cc1. The third-order valence-corrected chi connectivity index (χ3v) is 8.79. The van der Waals surface area contributed by atoms with Crippen molar-refractivity contribution in [1.82, 2.24) is 15.1 Å². The molecule has 2 saturated heterocycles. The van der Waals surface area contributed by atoms with Gasteiger partial charge in [0, 0.05) is 25.6 Å². The maximum atomic E-state index is 15.1. The molecule has 1 N–H and O–H groups in total. The van der Waals surface area contributed by atoms with Crippen LogP contribution in [0.25, 0.3) is 0 Å². The second-order valence-corrected chi connectivity index (χ2v) is 13.4. The van der Waals surface area contributed by atoms with Gasteiger partial charge in [0.05, 0.1) is 17.5 Å². The summed E-state index contributed by atoms with van der Waals surface area (Å²) in [6, 6.07) is 7.93. The van der Waals surface area contributed by atoms with E-state index in [1.165, 1.54) is 18.4 Å². The molecule has 224 valence electrons. The van der Waals surface area contributed by atoms with Crippen LogP contribution in [0.1, 0.15) is 96.7 Å². The van der Waals surface area contributed by atoms with Crippen molar-refractivity contribution in [3.63, 3.8) is 0 Å². The highest BCUT2D eigenvalue weighted by Gasteiger charge is 2.42. The zero-order valence-electron chi connectivity index (χ0n) is 25.8. The Balaban J connectivity index is 1.63. The molecule has 2 heterocycles. The van der Waals surface area contributed by atoms with Gasteiger partial charge in [-0.1, -0.05) is 69.3 Å². The van der Waals surface area contributed by atoms with E-state index in [0.29, 0.717) is 25.0 Å². The molecule has 2 aliphatic heterocycles.